The van der Waals surface area contributed by atoms with E-state index in [0.717, 1.165) is 9.86 Å². The average Bonchev–Trinajstić information content (AvgIpc) is 3.24. The van der Waals surface area contributed by atoms with E-state index in [-0.39, 0.29) is 24.1 Å². The number of hydrogen-bond donors (Lipinski definition) is 1. The van der Waals surface area contributed by atoms with Crippen molar-refractivity contribution in [3.05, 3.63) is 88.4 Å². The van der Waals surface area contributed by atoms with Gasteiger partial charge in [0.25, 0.3) is 5.91 Å². The molecule has 0 bridgehead atoms. The van der Waals surface area contributed by atoms with Crippen LogP contribution in [0.4, 0.5) is 5.69 Å². The van der Waals surface area contributed by atoms with E-state index in [1.807, 2.05) is 18.2 Å². The molecular weight excluding hydrogens is 448 g/mol. The van der Waals surface area contributed by atoms with Crippen LogP contribution < -0.4 is 10.1 Å². The highest BCUT2D eigenvalue weighted by Crippen LogP contribution is 2.28. The summed E-state index contributed by atoms with van der Waals surface area (Å²) in [6.45, 7) is 1.67. The van der Waals surface area contributed by atoms with Crippen molar-refractivity contribution >= 4 is 44.2 Å². The van der Waals surface area contributed by atoms with Crippen molar-refractivity contribution in [3.63, 3.8) is 0 Å². The van der Waals surface area contributed by atoms with E-state index in [0.29, 0.717) is 28.3 Å². The number of Topliss-reactive ketones (excluding diaryl/α,β-unsaturated/α-hetero) is 1. The molecule has 0 radical (unpaired) electrons. The first-order valence-corrected chi connectivity index (χ1v) is 9.97. The molecule has 4 rings (SSSR count). The van der Waals surface area contributed by atoms with Crippen LogP contribution in [0.5, 0.6) is 5.75 Å². The number of aromatic nitrogens is 1. The number of ether oxygens (including phenoxy) is 1. The summed E-state index contributed by atoms with van der Waals surface area (Å²) < 4.78 is 12.2. The number of pyridine rings is 1. The maximum absolute atomic E-state index is 12.6. The topological polar surface area (TPSA) is 81.4 Å². The minimum absolute atomic E-state index is 0.00279. The summed E-state index contributed by atoms with van der Waals surface area (Å²) in [5.74, 6) is 0.912. The smallest absolute Gasteiger partial charge is 0.291 e. The van der Waals surface area contributed by atoms with E-state index in [9.17, 15) is 9.59 Å². The summed E-state index contributed by atoms with van der Waals surface area (Å²) in [5, 5.41) is 3.75. The van der Waals surface area contributed by atoms with Crippen LogP contribution in [-0.4, -0.2) is 16.7 Å². The highest BCUT2D eigenvalue weighted by atomic mass is 79.9. The first-order valence-electron chi connectivity index (χ1n) is 9.18. The van der Waals surface area contributed by atoms with Crippen LogP contribution in [0.2, 0.25) is 0 Å². The number of rotatable bonds is 6. The van der Waals surface area contributed by atoms with Crippen molar-refractivity contribution in [1.29, 1.82) is 0 Å². The van der Waals surface area contributed by atoms with E-state index in [2.05, 4.69) is 26.2 Å². The molecule has 1 amide bonds. The molecule has 4 aromatic rings. The SMILES string of the molecule is CC(=O)c1ccc(OCc2ccc(C(=O)Nc3ccc(Br)c4cccnc34)o2)cc1. The van der Waals surface area contributed by atoms with Gasteiger partial charge in [0.15, 0.2) is 11.5 Å². The number of amides is 1. The average molecular weight is 465 g/mol. The quantitative estimate of drug-likeness (QED) is 0.374. The number of ketones is 1. The predicted octanol–water partition coefficient (Wildman–Crippen LogP) is 5.62. The molecule has 0 spiro atoms. The summed E-state index contributed by atoms with van der Waals surface area (Å²) in [6, 6.07) is 17.5. The molecule has 0 aliphatic carbocycles. The first-order chi connectivity index (χ1) is 14.5. The third-order valence-corrected chi connectivity index (χ3v) is 5.18. The number of halogens is 1. The minimum Gasteiger partial charge on any atom is -0.486 e. The number of anilines is 1. The van der Waals surface area contributed by atoms with Crippen molar-refractivity contribution in [2.75, 3.05) is 5.32 Å². The monoisotopic (exact) mass is 464 g/mol. The van der Waals surface area contributed by atoms with Crippen LogP contribution in [0.1, 0.15) is 33.6 Å². The first kappa shape index (κ1) is 19.8. The van der Waals surface area contributed by atoms with Gasteiger partial charge < -0.3 is 14.5 Å². The lowest BCUT2D eigenvalue weighted by Gasteiger charge is -2.08. The zero-order valence-electron chi connectivity index (χ0n) is 16.0. The van der Waals surface area contributed by atoms with Crippen LogP contribution in [-0.2, 0) is 6.61 Å². The predicted molar refractivity (Wildman–Crippen MR) is 117 cm³/mol. The normalized spacial score (nSPS) is 10.7. The van der Waals surface area contributed by atoms with Gasteiger partial charge in [-0.05, 0) is 61.5 Å². The van der Waals surface area contributed by atoms with E-state index in [4.69, 9.17) is 9.15 Å². The molecule has 2 heterocycles. The number of carbonyl (C=O) groups excluding carboxylic acids is 2. The zero-order chi connectivity index (χ0) is 21.1. The second-order valence-corrected chi connectivity index (χ2v) is 7.44. The Morgan fingerprint density at radius 1 is 1.07 bits per heavy atom. The van der Waals surface area contributed by atoms with Gasteiger partial charge in [0.1, 0.15) is 18.1 Å². The van der Waals surface area contributed by atoms with Gasteiger partial charge in [0.2, 0.25) is 0 Å². The van der Waals surface area contributed by atoms with Gasteiger partial charge in [-0.25, -0.2) is 0 Å². The molecule has 7 heteroatoms. The minimum atomic E-state index is -0.374. The van der Waals surface area contributed by atoms with E-state index >= 15 is 0 Å². The van der Waals surface area contributed by atoms with Gasteiger partial charge in [-0.3, -0.25) is 14.6 Å². The number of carbonyl (C=O) groups is 2. The maximum atomic E-state index is 12.6. The lowest BCUT2D eigenvalue weighted by molar-refractivity contribution is 0.0990. The number of benzene rings is 2. The Morgan fingerprint density at radius 3 is 2.63 bits per heavy atom. The Labute approximate surface area is 181 Å². The molecule has 30 heavy (non-hydrogen) atoms. The molecule has 6 nitrogen and oxygen atoms in total. The standard InChI is InChI=1S/C23H17BrN2O4/c1-14(27)15-4-6-16(7-5-15)29-13-17-8-11-21(30-17)23(28)26-20-10-9-19(24)18-3-2-12-25-22(18)20/h2-12H,13H2,1H3,(H,26,28). The van der Waals surface area contributed by atoms with Crippen molar-refractivity contribution in [2.24, 2.45) is 0 Å². The Bertz CT molecular complexity index is 1230. The molecule has 0 fully saturated rings. The molecule has 0 atom stereocenters. The van der Waals surface area contributed by atoms with Gasteiger partial charge in [-0.2, -0.15) is 0 Å². The van der Waals surface area contributed by atoms with Crippen molar-refractivity contribution in [3.8, 4) is 5.75 Å². The number of hydrogen-bond acceptors (Lipinski definition) is 5. The molecule has 1 N–H and O–H groups in total. The summed E-state index contributed by atoms with van der Waals surface area (Å²) in [6.07, 6.45) is 1.68. The zero-order valence-corrected chi connectivity index (χ0v) is 17.6. The van der Waals surface area contributed by atoms with Crippen LogP contribution >= 0.6 is 15.9 Å². The second kappa shape index (κ2) is 8.51. The van der Waals surface area contributed by atoms with E-state index in [1.54, 1.807) is 48.7 Å². The van der Waals surface area contributed by atoms with Crippen molar-refractivity contribution in [1.82, 2.24) is 4.98 Å². The van der Waals surface area contributed by atoms with Crippen molar-refractivity contribution < 1.29 is 18.7 Å². The molecule has 2 aromatic heterocycles. The Morgan fingerprint density at radius 2 is 1.87 bits per heavy atom. The summed E-state index contributed by atoms with van der Waals surface area (Å²) in [7, 11) is 0. The Kier molecular flexibility index (Phi) is 5.63. The van der Waals surface area contributed by atoms with Crippen LogP contribution in [0.25, 0.3) is 10.9 Å². The van der Waals surface area contributed by atoms with Gasteiger partial charge in [-0.1, -0.05) is 22.0 Å². The summed E-state index contributed by atoms with van der Waals surface area (Å²) >= 11 is 3.49. The number of nitrogens with zero attached hydrogens (tertiary/aromatic N) is 1. The molecule has 0 unspecified atom stereocenters. The van der Waals surface area contributed by atoms with Gasteiger partial charge in [-0.15, -0.1) is 0 Å². The number of nitrogens with one attached hydrogen (secondary N) is 1. The number of furan rings is 1. The van der Waals surface area contributed by atoms with E-state index in [1.165, 1.54) is 6.92 Å². The lowest BCUT2D eigenvalue weighted by atomic mass is 10.1. The lowest BCUT2D eigenvalue weighted by Crippen LogP contribution is -2.11. The highest BCUT2D eigenvalue weighted by Gasteiger charge is 2.14. The van der Waals surface area contributed by atoms with Gasteiger partial charge in [0.05, 0.1) is 11.2 Å². The van der Waals surface area contributed by atoms with E-state index < -0.39 is 0 Å². The van der Waals surface area contributed by atoms with Crippen LogP contribution in [0.3, 0.4) is 0 Å². The fourth-order valence-electron chi connectivity index (χ4n) is 2.94. The van der Waals surface area contributed by atoms with Gasteiger partial charge in [0, 0.05) is 21.6 Å². The van der Waals surface area contributed by atoms with Gasteiger partial charge >= 0.3 is 0 Å². The van der Waals surface area contributed by atoms with Crippen LogP contribution in [0, 0.1) is 0 Å². The Hall–Kier alpha value is -3.45. The largest absolute Gasteiger partial charge is 0.486 e. The summed E-state index contributed by atoms with van der Waals surface area (Å²) in [5.41, 5.74) is 1.90. The summed E-state index contributed by atoms with van der Waals surface area (Å²) in [4.78, 5) is 28.3. The molecule has 150 valence electrons. The fraction of sp³-hybridized carbons (Fsp3) is 0.0870. The third-order valence-electron chi connectivity index (χ3n) is 4.49. The fourth-order valence-corrected chi connectivity index (χ4v) is 3.39. The molecule has 0 aliphatic heterocycles. The molecule has 0 aliphatic rings. The molecule has 2 aromatic carbocycles. The highest BCUT2D eigenvalue weighted by molar-refractivity contribution is 9.10. The maximum Gasteiger partial charge on any atom is 0.291 e. The Balaban J connectivity index is 1.43. The van der Waals surface area contributed by atoms with Crippen molar-refractivity contribution in [2.45, 2.75) is 13.5 Å². The second-order valence-electron chi connectivity index (χ2n) is 6.58. The van der Waals surface area contributed by atoms with Crippen LogP contribution in [0.15, 0.2) is 75.8 Å². The third kappa shape index (κ3) is 4.26. The molecule has 0 saturated carbocycles. The molecule has 0 saturated heterocycles. The molecular formula is C23H17BrN2O4. The number of fused-ring (bicyclic) bond motifs is 1.